The second-order valence-corrected chi connectivity index (χ2v) is 8.83. The van der Waals surface area contributed by atoms with E-state index in [0.29, 0.717) is 19.4 Å². The van der Waals surface area contributed by atoms with E-state index in [1.165, 1.54) is 12.0 Å². The van der Waals surface area contributed by atoms with Crippen molar-refractivity contribution in [3.05, 3.63) is 35.9 Å². The minimum absolute atomic E-state index is 0.224. The summed E-state index contributed by atoms with van der Waals surface area (Å²) in [6.45, 7) is 7.16. The van der Waals surface area contributed by atoms with Crippen molar-refractivity contribution in [2.45, 2.75) is 70.7 Å². The lowest BCUT2D eigenvalue weighted by molar-refractivity contribution is -0.151. The number of carbonyl (C=O) groups is 4. The Morgan fingerprint density at radius 2 is 1.78 bits per heavy atom. The van der Waals surface area contributed by atoms with Crippen molar-refractivity contribution in [1.29, 1.82) is 0 Å². The molecule has 0 aromatic heterocycles. The van der Waals surface area contributed by atoms with Gasteiger partial charge in [0.05, 0.1) is 7.11 Å². The molecular formula is C23H33N3O6. The molecule has 0 radical (unpaired) electrons. The van der Waals surface area contributed by atoms with Gasteiger partial charge in [-0.25, -0.2) is 9.59 Å². The number of hydrogen-bond acceptors (Lipinski definition) is 6. The molecule has 1 aromatic carbocycles. The normalized spacial score (nSPS) is 17.8. The highest BCUT2D eigenvalue weighted by Crippen LogP contribution is 2.19. The van der Waals surface area contributed by atoms with Crippen LogP contribution in [0.2, 0.25) is 0 Å². The van der Waals surface area contributed by atoms with E-state index in [0.717, 1.165) is 5.56 Å². The Hall–Kier alpha value is -3.10. The fourth-order valence-electron chi connectivity index (χ4n) is 3.54. The van der Waals surface area contributed by atoms with Crippen LogP contribution in [0.3, 0.4) is 0 Å². The van der Waals surface area contributed by atoms with Gasteiger partial charge in [-0.3, -0.25) is 9.59 Å². The molecule has 176 valence electrons. The molecule has 0 bridgehead atoms. The van der Waals surface area contributed by atoms with Gasteiger partial charge < -0.3 is 25.0 Å². The van der Waals surface area contributed by atoms with Gasteiger partial charge in [-0.15, -0.1) is 0 Å². The first-order valence-corrected chi connectivity index (χ1v) is 10.7. The van der Waals surface area contributed by atoms with E-state index >= 15 is 0 Å². The Labute approximate surface area is 188 Å². The van der Waals surface area contributed by atoms with Crippen LogP contribution in [-0.2, 0) is 30.3 Å². The molecule has 1 aliphatic rings. The number of esters is 1. The number of carbonyl (C=O) groups excluding carboxylic acids is 4. The Balaban J connectivity index is 2.09. The number of methoxy groups -OCH3 is 1. The molecule has 3 atom stereocenters. The predicted octanol–water partition coefficient (Wildman–Crippen LogP) is 1.79. The second kappa shape index (κ2) is 11.0. The van der Waals surface area contributed by atoms with E-state index in [1.54, 1.807) is 27.7 Å². The van der Waals surface area contributed by atoms with Crippen molar-refractivity contribution in [2.75, 3.05) is 13.7 Å². The highest BCUT2D eigenvalue weighted by atomic mass is 16.6. The summed E-state index contributed by atoms with van der Waals surface area (Å²) >= 11 is 0. The van der Waals surface area contributed by atoms with Crippen LogP contribution in [0.15, 0.2) is 30.3 Å². The van der Waals surface area contributed by atoms with Crippen molar-refractivity contribution in [3.63, 3.8) is 0 Å². The van der Waals surface area contributed by atoms with Crippen molar-refractivity contribution in [2.24, 2.45) is 0 Å². The molecule has 1 aliphatic heterocycles. The number of amides is 3. The number of ether oxygens (including phenoxy) is 2. The van der Waals surface area contributed by atoms with Gasteiger partial charge in [0.2, 0.25) is 11.8 Å². The summed E-state index contributed by atoms with van der Waals surface area (Å²) in [6, 6.07) is 6.74. The van der Waals surface area contributed by atoms with Crippen molar-refractivity contribution in [1.82, 2.24) is 15.5 Å². The highest BCUT2D eigenvalue weighted by Gasteiger charge is 2.37. The van der Waals surface area contributed by atoms with Crippen LogP contribution in [-0.4, -0.2) is 66.2 Å². The maximum atomic E-state index is 13.0. The fraction of sp³-hybridized carbons (Fsp3) is 0.565. The number of alkyl carbamates (subject to hydrolysis) is 1. The van der Waals surface area contributed by atoms with Crippen molar-refractivity contribution < 1.29 is 28.7 Å². The van der Waals surface area contributed by atoms with Crippen LogP contribution in [0.25, 0.3) is 0 Å². The topological polar surface area (TPSA) is 114 Å². The van der Waals surface area contributed by atoms with Crippen LogP contribution in [0.5, 0.6) is 0 Å². The van der Waals surface area contributed by atoms with Crippen LogP contribution in [0.1, 0.15) is 46.1 Å². The molecule has 0 saturated carbocycles. The Kier molecular flexibility index (Phi) is 8.63. The maximum absolute atomic E-state index is 13.0. The van der Waals surface area contributed by atoms with E-state index in [-0.39, 0.29) is 12.3 Å². The van der Waals surface area contributed by atoms with Gasteiger partial charge >= 0.3 is 12.1 Å². The molecule has 0 unspecified atom stereocenters. The first-order valence-electron chi connectivity index (χ1n) is 10.7. The second-order valence-electron chi connectivity index (χ2n) is 8.83. The van der Waals surface area contributed by atoms with Gasteiger partial charge in [-0.2, -0.15) is 0 Å². The van der Waals surface area contributed by atoms with E-state index in [9.17, 15) is 19.2 Å². The minimum Gasteiger partial charge on any atom is -0.467 e. The van der Waals surface area contributed by atoms with Gasteiger partial charge in [-0.05, 0) is 46.1 Å². The first kappa shape index (κ1) is 25.2. The molecule has 0 aliphatic carbocycles. The van der Waals surface area contributed by atoms with Crippen LogP contribution < -0.4 is 10.6 Å². The number of benzene rings is 1. The third-order valence-corrected chi connectivity index (χ3v) is 5.03. The smallest absolute Gasteiger partial charge is 0.408 e. The summed E-state index contributed by atoms with van der Waals surface area (Å²) in [5.41, 5.74) is 0.118. The van der Waals surface area contributed by atoms with Gasteiger partial charge in [0.15, 0.2) is 0 Å². The van der Waals surface area contributed by atoms with E-state index in [1.807, 2.05) is 30.3 Å². The van der Waals surface area contributed by atoms with Crippen LogP contribution >= 0.6 is 0 Å². The molecule has 1 saturated heterocycles. The molecule has 1 aromatic rings. The predicted molar refractivity (Wildman–Crippen MR) is 118 cm³/mol. The average Bonchev–Trinajstić information content (AvgIpc) is 3.21. The molecule has 9 nitrogen and oxygen atoms in total. The number of likely N-dealkylation sites (tertiary alicyclic amines) is 1. The quantitative estimate of drug-likeness (QED) is 0.616. The van der Waals surface area contributed by atoms with Crippen LogP contribution in [0.4, 0.5) is 4.79 Å². The summed E-state index contributed by atoms with van der Waals surface area (Å²) in [4.78, 5) is 51.6. The van der Waals surface area contributed by atoms with E-state index in [4.69, 9.17) is 9.47 Å². The molecular weight excluding hydrogens is 414 g/mol. The Bertz CT molecular complexity index is 821. The van der Waals surface area contributed by atoms with E-state index < -0.39 is 41.7 Å². The zero-order chi connectivity index (χ0) is 23.9. The number of rotatable bonds is 7. The lowest BCUT2D eigenvalue weighted by atomic mass is 10.0. The summed E-state index contributed by atoms with van der Waals surface area (Å²) in [5, 5.41) is 5.27. The largest absolute Gasteiger partial charge is 0.467 e. The maximum Gasteiger partial charge on any atom is 0.408 e. The van der Waals surface area contributed by atoms with Crippen LogP contribution in [0, 0.1) is 0 Å². The molecule has 1 fully saturated rings. The Morgan fingerprint density at radius 3 is 2.38 bits per heavy atom. The van der Waals surface area contributed by atoms with E-state index in [2.05, 4.69) is 10.6 Å². The monoisotopic (exact) mass is 447 g/mol. The van der Waals surface area contributed by atoms with Gasteiger partial charge in [-0.1, -0.05) is 30.3 Å². The number of hydrogen-bond donors (Lipinski definition) is 2. The molecule has 0 spiro atoms. The summed E-state index contributed by atoms with van der Waals surface area (Å²) in [5.74, 6) is -1.36. The van der Waals surface area contributed by atoms with Gasteiger partial charge in [0.25, 0.3) is 0 Å². The third kappa shape index (κ3) is 7.25. The average molecular weight is 448 g/mol. The summed E-state index contributed by atoms with van der Waals surface area (Å²) in [7, 11) is 1.28. The zero-order valence-electron chi connectivity index (χ0n) is 19.3. The molecule has 3 amide bonds. The molecule has 32 heavy (non-hydrogen) atoms. The third-order valence-electron chi connectivity index (χ3n) is 5.03. The molecule has 2 rings (SSSR count). The Morgan fingerprint density at radius 1 is 1.12 bits per heavy atom. The lowest BCUT2D eigenvalue weighted by Crippen LogP contribution is -2.55. The minimum atomic E-state index is -0.947. The van der Waals surface area contributed by atoms with Gasteiger partial charge in [0.1, 0.15) is 23.7 Å². The van der Waals surface area contributed by atoms with Crippen molar-refractivity contribution in [3.8, 4) is 0 Å². The standard InChI is InChI=1S/C23H33N3O6/c1-15(20(28)26-13-9-12-18(26)21(29)31-5)24-19(27)17(14-16-10-7-6-8-11-16)25-22(30)32-23(2,3)4/h6-8,10-11,15,17-18H,9,12-14H2,1-5H3,(H,24,27)(H,25,30)/t15-,17-,18-/m0/s1. The summed E-state index contributed by atoms with van der Waals surface area (Å²) in [6.07, 6.45) is 0.707. The lowest BCUT2D eigenvalue weighted by Gasteiger charge is -2.28. The number of nitrogens with one attached hydrogen (secondary N) is 2. The van der Waals surface area contributed by atoms with Gasteiger partial charge in [0, 0.05) is 13.0 Å². The molecule has 1 heterocycles. The summed E-state index contributed by atoms with van der Waals surface area (Å²) < 4.78 is 10.1. The number of nitrogens with zero attached hydrogens (tertiary/aromatic N) is 1. The zero-order valence-corrected chi connectivity index (χ0v) is 19.3. The van der Waals surface area contributed by atoms with Crippen molar-refractivity contribution >= 4 is 23.9 Å². The first-order chi connectivity index (χ1) is 15.0. The molecule has 9 heteroatoms. The SMILES string of the molecule is COC(=O)[C@@H]1CCCN1C(=O)[C@H](C)NC(=O)[C@H](Cc1ccccc1)NC(=O)OC(C)(C)C. The fourth-order valence-corrected chi connectivity index (χ4v) is 3.54. The molecule has 2 N–H and O–H groups in total. The highest BCUT2D eigenvalue weighted by molar-refractivity contribution is 5.93.